The van der Waals surface area contributed by atoms with Crippen molar-refractivity contribution in [3.63, 3.8) is 0 Å². The molecule has 1 heterocycles. The molecule has 0 radical (unpaired) electrons. The van der Waals surface area contributed by atoms with Crippen molar-refractivity contribution in [1.82, 2.24) is 14.9 Å². The van der Waals surface area contributed by atoms with Gasteiger partial charge in [0, 0.05) is 6.54 Å². The van der Waals surface area contributed by atoms with Crippen LogP contribution >= 0.6 is 11.8 Å². The van der Waals surface area contributed by atoms with E-state index in [1.807, 2.05) is 5.32 Å². The van der Waals surface area contributed by atoms with Gasteiger partial charge in [-0.05, 0) is 25.5 Å². The number of para-hydroxylation sites is 1. The first-order valence-corrected chi connectivity index (χ1v) is 10.1. The summed E-state index contributed by atoms with van der Waals surface area (Å²) in [4.78, 5) is 29.4. The lowest BCUT2D eigenvalue weighted by molar-refractivity contribution is -0.137. The number of nitrogens with one attached hydrogen (secondary N) is 1. The van der Waals surface area contributed by atoms with E-state index < -0.39 is 23.9 Å². The standard InChI is InChI=1S/C19H24F3N3O2S/c1-3-4-5-8-11-25-17(27)14-9-6-7-10-15(14)24-18(25)28-13(2)16(26)23-12-19(20,21)22/h6-7,9-10,13H,3-5,8,11-12H2,1-2H3,(H,23,26). The SMILES string of the molecule is CCCCCCn1c(SC(C)C(=O)NCC(F)(F)F)nc2ccccc2c1=O. The van der Waals surface area contributed by atoms with Crippen LogP contribution in [-0.4, -0.2) is 33.4 Å². The molecule has 0 saturated carbocycles. The van der Waals surface area contributed by atoms with Crippen LogP contribution in [0.3, 0.4) is 0 Å². The number of nitrogens with zero attached hydrogens (tertiary/aromatic N) is 2. The summed E-state index contributed by atoms with van der Waals surface area (Å²) in [5.74, 6) is -0.748. The van der Waals surface area contributed by atoms with Crippen LogP contribution in [0, 0.1) is 0 Å². The molecule has 0 fully saturated rings. The summed E-state index contributed by atoms with van der Waals surface area (Å²) in [5, 5.41) is 1.88. The molecule has 154 valence electrons. The zero-order chi connectivity index (χ0) is 20.7. The van der Waals surface area contributed by atoms with Crippen LogP contribution in [0.1, 0.15) is 39.5 Å². The highest BCUT2D eigenvalue weighted by Crippen LogP contribution is 2.23. The fourth-order valence-electron chi connectivity index (χ4n) is 2.67. The summed E-state index contributed by atoms with van der Waals surface area (Å²) in [7, 11) is 0. The number of carbonyl (C=O) groups is 1. The monoisotopic (exact) mass is 415 g/mol. The molecule has 0 aliphatic carbocycles. The molecule has 0 bridgehead atoms. The van der Waals surface area contributed by atoms with Crippen molar-refractivity contribution in [2.24, 2.45) is 0 Å². The molecule has 1 atom stereocenters. The van der Waals surface area contributed by atoms with Crippen LogP contribution in [0.5, 0.6) is 0 Å². The largest absolute Gasteiger partial charge is 0.405 e. The molecule has 0 aliphatic heterocycles. The minimum absolute atomic E-state index is 0.201. The van der Waals surface area contributed by atoms with Gasteiger partial charge >= 0.3 is 6.18 Å². The van der Waals surface area contributed by atoms with Gasteiger partial charge in [0.1, 0.15) is 6.54 Å². The second-order valence-corrected chi connectivity index (χ2v) is 7.83. The number of carbonyl (C=O) groups excluding carboxylic acids is 1. The normalized spacial score (nSPS) is 12.9. The lowest BCUT2D eigenvalue weighted by atomic mass is 10.2. The summed E-state index contributed by atoms with van der Waals surface area (Å²) in [5.41, 5.74) is 0.301. The molecule has 2 rings (SSSR count). The number of hydrogen-bond donors (Lipinski definition) is 1. The maximum atomic E-state index is 12.9. The van der Waals surface area contributed by atoms with Crippen LogP contribution in [0.15, 0.2) is 34.2 Å². The van der Waals surface area contributed by atoms with E-state index in [4.69, 9.17) is 0 Å². The van der Waals surface area contributed by atoms with E-state index >= 15 is 0 Å². The summed E-state index contributed by atoms with van der Waals surface area (Å²) in [6.07, 6.45) is -0.614. The van der Waals surface area contributed by atoms with Gasteiger partial charge in [0.15, 0.2) is 5.16 Å². The van der Waals surface area contributed by atoms with E-state index in [9.17, 15) is 22.8 Å². The number of benzene rings is 1. The number of hydrogen-bond acceptors (Lipinski definition) is 4. The fraction of sp³-hybridized carbons (Fsp3) is 0.526. The number of fused-ring (bicyclic) bond motifs is 1. The third-order valence-corrected chi connectivity index (χ3v) is 5.27. The van der Waals surface area contributed by atoms with Crippen LogP contribution < -0.4 is 10.9 Å². The molecular formula is C19H24F3N3O2S. The topological polar surface area (TPSA) is 64.0 Å². The Morgan fingerprint density at radius 1 is 1.25 bits per heavy atom. The minimum atomic E-state index is -4.47. The molecule has 1 N–H and O–H groups in total. The fourth-order valence-corrected chi connectivity index (χ4v) is 3.63. The van der Waals surface area contributed by atoms with Gasteiger partial charge in [-0.25, -0.2) is 4.98 Å². The first kappa shape index (κ1) is 22.3. The number of amides is 1. The summed E-state index contributed by atoms with van der Waals surface area (Å²) < 4.78 is 38.5. The van der Waals surface area contributed by atoms with Gasteiger partial charge in [0.05, 0.1) is 16.2 Å². The average molecular weight is 415 g/mol. The molecule has 0 spiro atoms. The quantitative estimate of drug-likeness (QED) is 0.380. The molecule has 1 aromatic carbocycles. The van der Waals surface area contributed by atoms with Crippen LogP contribution in [-0.2, 0) is 11.3 Å². The van der Waals surface area contributed by atoms with Crippen molar-refractivity contribution in [1.29, 1.82) is 0 Å². The number of rotatable bonds is 9. The van der Waals surface area contributed by atoms with E-state index in [0.29, 0.717) is 22.6 Å². The third kappa shape index (κ3) is 6.25. The van der Waals surface area contributed by atoms with Gasteiger partial charge in [-0.1, -0.05) is 50.1 Å². The Morgan fingerprint density at radius 2 is 1.96 bits per heavy atom. The van der Waals surface area contributed by atoms with Crippen LogP contribution in [0.25, 0.3) is 10.9 Å². The van der Waals surface area contributed by atoms with Gasteiger partial charge in [-0.15, -0.1) is 0 Å². The molecule has 28 heavy (non-hydrogen) atoms. The number of aromatic nitrogens is 2. The Morgan fingerprint density at radius 3 is 2.64 bits per heavy atom. The van der Waals surface area contributed by atoms with Gasteiger partial charge in [-0.3, -0.25) is 14.2 Å². The molecule has 1 aromatic heterocycles. The van der Waals surface area contributed by atoms with E-state index in [0.717, 1.165) is 37.4 Å². The maximum Gasteiger partial charge on any atom is 0.405 e. The summed E-state index contributed by atoms with van der Waals surface area (Å²) >= 11 is 0.994. The first-order chi connectivity index (χ1) is 13.2. The van der Waals surface area contributed by atoms with Gasteiger partial charge in [0.2, 0.25) is 5.91 Å². The van der Waals surface area contributed by atoms with E-state index in [2.05, 4.69) is 11.9 Å². The van der Waals surface area contributed by atoms with Crippen molar-refractivity contribution in [2.45, 2.75) is 62.7 Å². The highest BCUT2D eigenvalue weighted by atomic mass is 32.2. The molecule has 5 nitrogen and oxygen atoms in total. The van der Waals surface area contributed by atoms with E-state index in [1.54, 1.807) is 24.3 Å². The number of thioether (sulfide) groups is 1. The van der Waals surface area contributed by atoms with Gasteiger partial charge in [0.25, 0.3) is 5.56 Å². The Balaban J connectivity index is 2.25. The highest BCUT2D eigenvalue weighted by Gasteiger charge is 2.29. The number of halogens is 3. The molecule has 9 heteroatoms. The Kier molecular flexibility index (Phi) is 7.91. The average Bonchev–Trinajstić information content (AvgIpc) is 2.64. The zero-order valence-corrected chi connectivity index (χ0v) is 16.7. The smallest absolute Gasteiger partial charge is 0.346 e. The van der Waals surface area contributed by atoms with Crippen LogP contribution in [0.2, 0.25) is 0 Å². The molecule has 1 amide bonds. The Labute approximate surface area is 165 Å². The van der Waals surface area contributed by atoms with Crippen molar-refractivity contribution < 1.29 is 18.0 Å². The van der Waals surface area contributed by atoms with Crippen molar-refractivity contribution in [3.8, 4) is 0 Å². The second-order valence-electron chi connectivity index (χ2n) is 6.52. The molecule has 1 unspecified atom stereocenters. The van der Waals surface area contributed by atoms with Crippen molar-refractivity contribution in [3.05, 3.63) is 34.6 Å². The zero-order valence-electron chi connectivity index (χ0n) is 15.9. The number of alkyl halides is 3. The maximum absolute atomic E-state index is 12.9. The van der Waals surface area contributed by atoms with Gasteiger partial charge < -0.3 is 5.32 Å². The van der Waals surface area contributed by atoms with E-state index in [1.165, 1.54) is 11.5 Å². The molecule has 0 aliphatic rings. The lowest BCUT2D eigenvalue weighted by Gasteiger charge is -2.17. The third-order valence-electron chi connectivity index (χ3n) is 4.18. The minimum Gasteiger partial charge on any atom is -0.346 e. The lowest BCUT2D eigenvalue weighted by Crippen LogP contribution is -2.38. The van der Waals surface area contributed by atoms with Crippen LogP contribution in [0.4, 0.5) is 13.2 Å². The van der Waals surface area contributed by atoms with E-state index in [-0.39, 0.29) is 5.56 Å². The molecule has 0 saturated heterocycles. The highest BCUT2D eigenvalue weighted by molar-refractivity contribution is 8.00. The molecular weight excluding hydrogens is 391 g/mol. The van der Waals surface area contributed by atoms with Gasteiger partial charge in [-0.2, -0.15) is 13.2 Å². The second kappa shape index (κ2) is 9.95. The predicted octanol–water partition coefficient (Wildman–Crippen LogP) is 4.14. The Hall–Kier alpha value is -2.03. The molecule has 2 aromatic rings. The first-order valence-electron chi connectivity index (χ1n) is 9.23. The summed E-state index contributed by atoms with van der Waals surface area (Å²) in [6.45, 7) is 2.66. The summed E-state index contributed by atoms with van der Waals surface area (Å²) in [6, 6.07) is 6.92. The number of unbranched alkanes of at least 4 members (excludes halogenated alkanes) is 3. The van der Waals surface area contributed by atoms with Crippen molar-refractivity contribution >= 4 is 28.6 Å². The van der Waals surface area contributed by atoms with Crippen molar-refractivity contribution in [2.75, 3.05) is 6.54 Å². The predicted molar refractivity (Wildman–Crippen MR) is 105 cm³/mol. The Bertz CT molecular complexity index is 868.